The van der Waals surface area contributed by atoms with Crippen molar-refractivity contribution in [1.29, 1.82) is 0 Å². The van der Waals surface area contributed by atoms with Gasteiger partial charge in [-0.05, 0) is 44.4 Å². The highest BCUT2D eigenvalue weighted by molar-refractivity contribution is 5.83. The highest BCUT2D eigenvalue weighted by Crippen LogP contribution is 2.28. The first kappa shape index (κ1) is 27.7. The number of esters is 1. The molecule has 31 heavy (non-hydrogen) atoms. The Labute approximate surface area is 191 Å². The molecule has 1 rings (SSSR count). The van der Waals surface area contributed by atoms with Crippen molar-refractivity contribution in [3.05, 3.63) is 12.2 Å². The highest BCUT2D eigenvalue weighted by atomic mass is 16.5. The lowest BCUT2D eigenvalue weighted by Crippen LogP contribution is -2.33. The van der Waals surface area contributed by atoms with E-state index in [4.69, 9.17) is 4.74 Å². The van der Waals surface area contributed by atoms with Gasteiger partial charge in [0.25, 0.3) is 0 Å². The number of carbonyl (C=O) groups excluding carboxylic acids is 1. The van der Waals surface area contributed by atoms with Gasteiger partial charge < -0.3 is 9.84 Å². The van der Waals surface area contributed by atoms with Crippen molar-refractivity contribution in [3.63, 3.8) is 0 Å². The van der Waals surface area contributed by atoms with Crippen LogP contribution >= 0.6 is 0 Å². The van der Waals surface area contributed by atoms with E-state index in [-0.39, 0.29) is 12.1 Å². The largest absolute Gasteiger partial charge is 0.481 e. The summed E-state index contributed by atoms with van der Waals surface area (Å²) >= 11 is 0. The van der Waals surface area contributed by atoms with Gasteiger partial charge in [0.15, 0.2) is 0 Å². The Morgan fingerprint density at radius 2 is 1.45 bits per heavy atom. The van der Waals surface area contributed by atoms with Crippen LogP contribution in [0.3, 0.4) is 0 Å². The Kier molecular flexibility index (Phi) is 15.4. The Bertz CT molecular complexity index is 511. The Hall–Kier alpha value is -1.32. The Morgan fingerprint density at radius 3 is 2.00 bits per heavy atom. The fraction of sp³-hybridized carbons (Fsp3) is 0.852. The third kappa shape index (κ3) is 13.0. The molecular weight excluding hydrogens is 388 g/mol. The maximum absolute atomic E-state index is 12.8. The van der Waals surface area contributed by atoms with Crippen molar-refractivity contribution < 1.29 is 19.4 Å². The second-order valence-electron chi connectivity index (χ2n) is 9.83. The number of hydrogen-bond donors (Lipinski definition) is 1. The van der Waals surface area contributed by atoms with E-state index in [1.807, 2.05) is 6.08 Å². The Morgan fingerprint density at radius 1 is 0.903 bits per heavy atom. The molecule has 0 spiro atoms. The molecule has 0 saturated carbocycles. The molecule has 3 atom stereocenters. The summed E-state index contributed by atoms with van der Waals surface area (Å²) < 4.78 is 5.91. The molecule has 0 heterocycles. The second kappa shape index (κ2) is 17.3. The topological polar surface area (TPSA) is 63.6 Å². The average Bonchev–Trinajstić information content (AvgIpc) is 2.74. The molecule has 0 aromatic heterocycles. The van der Waals surface area contributed by atoms with Gasteiger partial charge in [-0.25, -0.2) is 0 Å². The van der Waals surface area contributed by atoms with E-state index in [0.29, 0.717) is 6.42 Å². The molecule has 1 N–H and O–H groups in total. The van der Waals surface area contributed by atoms with E-state index in [0.717, 1.165) is 38.0 Å². The van der Waals surface area contributed by atoms with Crippen molar-refractivity contribution in [1.82, 2.24) is 0 Å². The molecule has 3 unspecified atom stereocenters. The summed E-state index contributed by atoms with van der Waals surface area (Å²) in [5.74, 6) is -1.74. The standard InChI is InChI=1S/C27H48O4/c1-4-5-6-7-8-9-13-18-23(19-14-11-10-12-17-22(2)3)31-27(30)25-21-16-15-20-24(25)26(28)29/h16,21-25H,4-15,17-20H2,1-3H3,(H,28,29). The lowest BCUT2D eigenvalue weighted by Gasteiger charge is -2.26. The van der Waals surface area contributed by atoms with Crippen LogP contribution in [0.2, 0.25) is 0 Å². The molecule has 0 saturated heterocycles. The van der Waals surface area contributed by atoms with Crippen LogP contribution in [0.1, 0.15) is 124 Å². The third-order valence-electron chi connectivity index (χ3n) is 6.48. The van der Waals surface area contributed by atoms with E-state index in [1.165, 1.54) is 64.2 Å². The minimum Gasteiger partial charge on any atom is -0.481 e. The molecule has 1 aliphatic carbocycles. The van der Waals surface area contributed by atoms with Crippen LogP contribution < -0.4 is 0 Å². The number of hydrogen-bond acceptors (Lipinski definition) is 3. The number of allylic oxidation sites excluding steroid dienone is 1. The summed E-state index contributed by atoms with van der Waals surface area (Å²) in [6.07, 6.45) is 21.4. The lowest BCUT2D eigenvalue weighted by molar-refractivity contribution is -0.160. The SMILES string of the molecule is CCCCCCCCCC(CCCCCCC(C)C)OC(=O)C1C=CCCC1C(=O)O. The lowest BCUT2D eigenvalue weighted by atomic mass is 9.84. The number of carboxylic acids is 1. The number of carbonyl (C=O) groups is 2. The number of aliphatic carboxylic acids is 1. The normalized spacial score (nSPS) is 19.5. The number of ether oxygens (including phenoxy) is 1. The molecule has 0 aromatic rings. The van der Waals surface area contributed by atoms with Gasteiger partial charge in [0.05, 0.1) is 11.8 Å². The predicted octanol–water partition coefficient (Wildman–Crippen LogP) is 7.70. The van der Waals surface area contributed by atoms with Crippen molar-refractivity contribution in [3.8, 4) is 0 Å². The van der Waals surface area contributed by atoms with Gasteiger partial charge in [0.2, 0.25) is 0 Å². The van der Waals surface area contributed by atoms with E-state index in [9.17, 15) is 14.7 Å². The van der Waals surface area contributed by atoms with Gasteiger partial charge in [-0.15, -0.1) is 0 Å². The summed E-state index contributed by atoms with van der Waals surface area (Å²) in [5, 5.41) is 9.47. The predicted molar refractivity (Wildman–Crippen MR) is 128 cm³/mol. The summed E-state index contributed by atoms with van der Waals surface area (Å²) in [5.41, 5.74) is 0. The van der Waals surface area contributed by atoms with Gasteiger partial charge in [0.1, 0.15) is 6.10 Å². The van der Waals surface area contributed by atoms with Gasteiger partial charge in [-0.1, -0.05) is 97.1 Å². The van der Waals surface area contributed by atoms with Crippen molar-refractivity contribution in [2.75, 3.05) is 0 Å². The molecule has 0 amide bonds. The fourth-order valence-electron chi connectivity index (χ4n) is 4.46. The van der Waals surface area contributed by atoms with E-state index in [2.05, 4.69) is 20.8 Å². The first-order chi connectivity index (χ1) is 15.0. The van der Waals surface area contributed by atoms with Crippen LogP contribution in [0, 0.1) is 17.8 Å². The molecule has 0 aromatic carbocycles. The van der Waals surface area contributed by atoms with Gasteiger partial charge in [0, 0.05) is 0 Å². The maximum atomic E-state index is 12.8. The highest BCUT2D eigenvalue weighted by Gasteiger charge is 2.35. The minimum atomic E-state index is -0.889. The molecule has 4 heteroatoms. The van der Waals surface area contributed by atoms with Crippen molar-refractivity contribution in [2.24, 2.45) is 17.8 Å². The Balaban J connectivity index is 2.47. The monoisotopic (exact) mass is 436 g/mol. The minimum absolute atomic E-state index is 0.0713. The van der Waals surface area contributed by atoms with E-state index < -0.39 is 17.8 Å². The molecule has 0 radical (unpaired) electrons. The van der Waals surface area contributed by atoms with Crippen molar-refractivity contribution in [2.45, 2.75) is 130 Å². The van der Waals surface area contributed by atoms with Crippen LogP contribution in [0.25, 0.3) is 0 Å². The van der Waals surface area contributed by atoms with Gasteiger partial charge >= 0.3 is 11.9 Å². The second-order valence-corrected chi connectivity index (χ2v) is 9.83. The summed E-state index contributed by atoms with van der Waals surface area (Å²) in [7, 11) is 0. The third-order valence-corrected chi connectivity index (χ3v) is 6.48. The molecule has 180 valence electrons. The van der Waals surface area contributed by atoms with E-state index >= 15 is 0 Å². The van der Waals surface area contributed by atoms with Crippen LogP contribution in [0.5, 0.6) is 0 Å². The zero-order valence-electron chi connectivity index (χ0n) is 20.4. The first-order valence-electron chi connectivity index (χ1n) is 13.1. The van der Waals surface area contributed by atoms with Crippen LogP contribution in [0.15, 0.2) is 12.2 Å². The van der Waals surface area contributed by atoms with Gasteiger partial charge in [-0.2, -0.15) is 0 Å². The average molecular weight is 437 g/mol. The summed E-state index contributed by atoms with van der Waals surface area (Å²) in [4.78, 5) is 24.4. The van der Waals surface area contributed by atoms with E-state index in [1.54, 1.807) is 6.08 Å². The van der Waals surface area contributed by atoms with Crippen molar-refractivity contribution >= 4 is 11.9 Å². The smallest absolute Gasteiger partial charge is 0.313 e. The van der Waals surface area contributed by atoms with Crippen LogP contribution in [0.4, 0.5) is 0 Å². The zero-order valence-corrected chi connectivity index (χ0v) is 20.4. The fourth-order valence-corrected chi connectivity index (χ4v) is 4.46. The maximum Gasteiger partial charge on any atom is 0.313 e. The van der Waals surface area contributed by atoms with Gasteiger partial charge in [-0.3, -0.25) is 9.59 Å². The number of rotatable bonds is 18. The molecule has 0 aliphatic heterocycles. The summed E-state index contributed by atoms with van der Waals surface area (Å²) in [6, 6.07) is 0. The van der Waals surface area contributed by atoms with Crippen LogP contribution in [-0.2, 0) is 14.3 Å². The molecular formula is C27H48O4. The number of carboxylic acid groups (broad SMARTS) is 1. The van der Waals surface area contributed by atoms with Crippen LogP contribution in [-0.4, -0.2) is 23.1 Å². The molecule has 0 fully saturated rings. The first-order valence-corrected chi connectivity index (χ1v) is 13.1. The molecule has 4 nitrogen and oxygen atoms in total. The quantitative estimate of drug-likeness (QED) is 0.136. The number of unbranched alkanes of at least 4 members (excludes halogenated alkanes) is 9. The summed E-state index contributed by atoms with van der Waals surface area (Å²) in [6.45, 7) is 6.77. The molecule has 1 aliphatic rings. The molecule has 0 bridgehead atoms. The zero-order chi connectivity index (χ0) is 22.9.